The van der Waals surface area contributed by atoms with Crippen LogP contribution in [0.4, 0.5) is 0 Å². The third kappa shape index (κ3) is 5.02. The van der Waals surface area contributed by atoms with Gasteiger partial charge in [0.25, 0.3) is 0 Å². The number of nitrogens with one attached hydrogen (secondary N) is 1. The van der Waals surface area contributed by atoms with Gasteiger partial charge in [-0.2, -0.15) is 0 Å². The van der Waals surface area contributed by atoms with Gasteiger partial charge >= 0.3 is 0 Å². The van der Waals surface area contributed by atoms with Gasteiger partial charge in [0.1, 0.15) is 0 Å². The van der Waals surface area contributed by atoms with Crippen LogP contribution >= 0.6 is 0 Å². The maximum absolute atomic E-state index is 12.4. The number of benzene rings is 2. The van der Waals surface area contributed by atoms with E-state index in [0.29, 0.717) is 18.7 Å². The first kappa shape index (κ1) is 19.7. The minimum Gasteiger partial charge on any atom is -0.493 e. The quantitative estimate of drug-likeness (QED) is 0.715. The minimum atomic E-state index is -3.28. The number of ether oxygens (including phenoxy) is 2. The van der Waals surface area contributed by atoms with E-state index in [1.807, 2.05) is 42.5 Å². The van der Waals surface area contributed by atoms with Crippen molar-refractivity contribution in [1.29, 1.82) is 0 Å². The molecule has 0 bridgehead atoms. The van der Waals surface area contributed by atoms with Crippen LogP contribution in [0.2, 0.25) is 0 Å². The first-order chi connectivity index (χ1) is 13.0. The lowest BCUT2D eigenvalue weighted by molar-refractivity contribution is 0.354. The van der Waals surface area contributed by atoms with E-state index in [1.54, 1.807) is 14.2 Å². The van der Waals surface area contributed by atoms with Crippen LogP contribution in [0, 0.1) is 0 Å². The Balaban J connectivity index is 1.56. The summed E-state index contributed by atoms with van der Waals surface area (Å²) in [6.45, 7) is 0.427. The summed E-state index contributed by atoms with van der Waals surface area (Å²) in [6.07, 6.45) is 3.24. The van der Waals surface area contributed by atoms with Gasteiger partial charge in [0.15, 0.2) is 11.5 Å². The number of rotatable bonds is 9. The van der Waals surface area contributed by atoms with Gasteiger partial charge < -0.3 is 9.47 Å². The van der Waals surface area contributed by atoms with Gasteiger partial charge in [0, 0.05) is 6.54 Å². The fourth-order valence-electron chi connectivity index (χ4n) is 3.64. The highest BCUT2D eigenvalue weighted by atomic mass is 32.2. The van der Waals surface area contributed by atoms with Crippen molar-refractivity contribution in [1.82, 2.24) is 4.72 Å². The summed E-state index contributed by atoms with van der Waals surface area (Å²) in [5.41, 5.74) is 3.53. The maximum Gasteiger partial charge on any atom is 0.211 e. The highest BCUT2D eigenvalue weighted by Crippen LogP contribution is 2.40. The second-order valence-corrected chi connectivity index (χ2v) is 8.82. The second kappa shape index (κ2) is 8.76. The Bertz CT molecular complexity index is 865. The minimum absolute atomic E-state index is 0.146. The third-order valence-electron chi connectivity index (χ3n) is 5.12. The van der Waals surface area contributed by atoms with Gasteiger partial charge in [0.2, 0.25) is 10.0 Å². The number of fused-ring (bicyclic) bond motifs is 1. The van der Waals surface area contributed by atoms with Gasteiger partial charge in [-0.15, -0.1) is 0 Å². The molecule has 0 amide bonds. The van der Waals surface area contributed by atoms with Gasteiger partial charge in [-0.05, 0) is 60.4 Å². The van der Waals surface area contributed by atoms with E-state index >= 15 is 0 Å². The summed E-state index contributed by atoms with van der Waals surface area (Å²) in [7, 11) is -0.0362. The van der Waals surface area contributed by atoms with Crippen molar-refractivity contribution in [3.8, 4) is 11.5 Å². The normalized spacial score (nSPS) is 16.1. The maximum atomic E-state index is 12.4. The van der Waals surface area contributed by atoms with E-state index in [1.165, 1.54) is 11.1 Å². The number of aryl methyl sites for hydroxylation is 2. The van der Waals surface area contributed by atoms with Gasteiger partial charge in [-0.1, -0.05) is 30.3 Å². The summed E-state index contributed by atoms with van der Waals surface area (Å²) in [6, 6.07) is 13.9. The highest BCUT2D eigenvalue weighted by molar-refractivity contribution is 7.89. The van der Waals surface area contributed by atoms with Crippen molar-refractivity contribution >= 4 is 10.0 Å². The van der Waals surface area contributed by atoms with Crippen LogP contribution in [0.5, 0.6) is 11.5 Å². The first-order valence-corrected chi connectivity index (χ1v) is 10.9. The van der Waals surface area contributed by atoms with Crippen molar-refractivity contribution in [3.63, 3.8) is 0 Å². The number of hydrogen-bond donors (Lipinski definition) is 1. The molecule has 1 aliphatic rings. The molecule has 0 heterocycles. The molecule has 0 saturated carbocycles. The largest absolute Gasteiger partial charge is 0.493 e. The number of methoxy groups -OCH3 is 2. The molecular weight excluding hydrogens is 362 g/mol. The zero-order valence-corrected chi connectivity index (χ0v) is 16.7. The van der Waals surface area contributed by atoms with Crippen molar-refractivity contribution in [2.45, 2.75) is 31.6 Å². The Morgan fingerprint density at radius 3 is 2.48 bits per heavy atom. The van der Waals surface area contributed by atoms with Crippen LogP contribution in [-0.2, 0) is 22.9 Å². The van der Waals surface area contributed by atoms with E-state index in [2.05, 4.69) is 4.72 Å². The molecule has 5 nitrogen and oxygen atoms in total. The topological polar surface area (TPSA) is 64.6 Å². The molecule has 1 aliphatic carbocycles. The molecule has 146 valence electrons. The fourth-order valence-corrected chi connectivity index (χ4v) is 4.77. The van der Waals surface area contributed by atoms with Crippen molar-refractivity contribution in [2.24, 2.45) is 0 Å². The van der Waals surface area contributed by atoms with E-state index in [4.69, 9.17) is 9.47 Å². The molecule has 2 aromatic carbocycles. The molecule has 0 aliphatic heterocycles. The molecule has 1 N–H and O–H groups in total. The summed E-state index contributed by atoms with van der Waals surface area (Å²) < 4.78 is 38.3. The smallest absolute Gasteiger partial charge is 0.211 e. The molecule has 0 spiro atoms. The van der Waals surface area contributed by atoms with E-state index < -0.39 is 10.0 Å². The van der Waals surface area contributed by atoms with Crippen LogP contribution < -0.4 is 14.2 Å². The van der Waals surface area contributed by atoms with Crippen LogP contribution in [0.15, 0.2) is 42.5 Å². The lowest BCUT2D eigenvalue weighted by atomic mass is 10.0. The van der Waals surface area contributed by atoms with E-state index in [-0.39, 0.29) is 11.7 Å². The summed E-state index contributed by atoms with van der Waals surface area (Å²) in [5, 5.41) is 0. The predicted molar refractivity (Wildman–Crippen MR) is 107 cm³/mol. The first-order valence-electron chi connectivity index (χ1n) is 9.28. The summed E-state index contributed by atoms with van der Waals surface area (Å²) >= 11 is 0. The molecule has 2 aromatic rings. The zero-order chi connectivity index (χ0) is 19.3. The molecule has 1 atom stereocenters. The van der Waals surface area contributed by atoms with Crippen LogP contribution in [0.25, 0.3) is 0 Å². The van der Waals surface area contributed by atoms with E-state index in [9.17, 15) is 8.42 Å². The molecular formula is C21H27NO4S. The highest BCUT2D eigenvalue weighted by Gasteiger charge is 2.26. The Morgan fingerprint density at radius 2 is 1.78 bits per heavy atom. The molecule has 0 fully saturated rings. The lowest BCUT2D eigenvalue weighted by Crippen LogP contribution is -2.30. The number of sulfonamides is 1. The third-order valence-corrected chi connectivity index (χ3v) is 6.55. The van der Waals surface area contributed by atoms with Crippen molar-refractivity contribution < 1.29 is 17.9 Å². The molecule has 0 radical (unpaired) electrons. The Morgan fingerprint density at radius 1 is 1.07 bits per heavy atom. The Kier molecular flexibility index (Phi) is 6.39. The molecule has 1 unspecified atom stereocenters. The second-order valence-electron chi connectivity index (χ2n) is 6.90. The number of hydrogen-bond acceptors (Lipinski definition) is 4. The average molecular weight is 390 g/mol. The van der Waals surface area contributed by atoms with Gasteiger partial charge in [-0.25, -0.2) is 13.1 Å². The van der Waals surface area contributed by atoms with E-state index in [0.717, 1.165) is 30.6 Å². The van der Waals surface area contributed by atoms with Crippen molar-refractivity contribution in [3.05, 3.63) is 59.2 Å². The average Bonchev–Trinajstić information content (AvgIpc) is 3.08. The van der Waals surface area contributed by atoms with Crippen LogP contribution in [0.3, 0.4) is 0 Å². The fraction of sp³-hybridized carbons (Fsp3) is 0.429. The van der Waals surface area contributed by atoms with Crippen LogP contribution in [-0.4, -0.2) is 34.9 Å². The summed E-state index contributed by atoms with van der Waals surface area (Å²) in [4.78, 5) is 0. The van der Waals surface area contributed by atoms with Crippen LogP contribution in [0.1, 0.15) is 35.4 Å². The standard InChI is InChI=1S/C21H27NO4S/c1-25-20-13-17-10-11-18(19(17)14-21(20)26-2)15-22-27(23,24)12-6-9-16-7-4-3-5-8-16/h3-5,7-8,13-14,18,22H,6,9-12,15H2,1-2H3. The summed E-state index contributed by atoms with van der Waals surface area (Å²) in [5.74, 6) is 1.73. The Hall–Kier alpha value is -2.05. The molecule has 6 heteroatoms. The molecule has 0 saturated heterocycles. The predicted octanol–water partition coefficient (Wildman–Crippen LogP) is 3.29. The SMILES string of the molecule is COc1cc2c(cc1OC)C(CNS(=O)(=O)CCCc1ccccc1)CC2. The lowest BCUT2D eigenvalue weighted by Gasteiger charge is -2.15. The monoisotopic (exact) mass is 389 g/mol. The zero-order valence-electron chi connectivity index (χ0n) is 15.9. The Labute approximate surface area is 161 Å². The van der Waals surface area contributed by atoms with Crippen molar-refractivity contribution in [2.75, 3.05) is 26.5 Å². The van der Waals surface area contributed by atoms with Gasteiger partial charge in [0.05, 0.1) is 20.0 Å². The van der Waals surface area contributed by atoms with Gasteiger partial charge in [-0.3, -0.25) is 0 Å². The molecule has 3 rings (SSSR count). The molecule has 0 aromatic heterocycles. The molecule has 27 heavy (non-hydrogen) atoms.